The second-order valence-corrected chi connectivity index (χ2v) is 6.80. The number of hydrogen-bond donors (Lipinski definition) is 1. The Hall–Kier alpha value is -3.13. The summed E-state index contributed by atoms with van der Waals surface area (Å²) in [5, 5.41) is 19.5. The van der Waals surface area contributed by atoms with Gasteiger partial charge in [-0.3, -0.25) is 4.57 Å². The number of nitrogens with zero attached hydrogens (tertiary/aromatic N) is 3. The van der Waals surface area contributed by atoms with Crippen LogP contribution < -0.4 is 0 Å². The molecule has 0 saturated carbocycles. The summed E-state index contributed by atoms with van der Waals surface area (Å²) >= 11 is 6.35. The monoisotopic (exact) mass is 373 g/mol. The normalized spacial score (nSPS) is 12.1. The number of benzene rings is 3. The lowest BCUT2D eigenvalue weighted by atomic mass is 10.0. The lowest BCUT2D eigenvalue weighted by molar-refractivity contribution is 0.199. The van der Waals surface area contributed by atoms with Gasteiger partial charge in [-0.25, -0.2) is 4.98 Å². The number of aromatic nitrogens is 2. The largest absolute Gasteiger partial charge is 0.389 e. The van der Waals surface area contributed by atoms with Crippen molar-refractivity contribution in [1.29, 1.82) is 5.26 Å². The maximum Gasteiger partial charge on any atom is 0.100 e. The van der Waals surface area contributed by atoms with Gasteiger partial charge < -0.3 is 5.11 Å². The van der Waals surface area contributed by atoms with E-state index >= 15 is 0 Å². The number of imidazole rings is 1. The van der Waals surface area contributed by atoms with E-state index in [1.54, 1.807) is 31.5 Å². The number of aliphatic hydroxyl groups is 1. The Morgan fingerprint density at radius 2 is 1.96 bits per heavy atom. The third kappa shape index (κ3) is 3.19. The first-order chi connectivity index (χ1) is 13.1. The van der Waals surface area contributed by atoms with Gasteiger partial charge in [-0.15, -0.1) is 0 Å². The van der Waals surface area contributed by atoms with E-state index in [4.69, 9.17) is 16.9 Å². The summed E-state index contributed by atoms with van der Waals surface area (Å²) in [6.45, 7) is 1.74. The molecule has 0 bridgehead atoms. The van der Waals surface area contributed by atoms with Crippen molar-refractivity contribution in [1.82, 2.24) is 9.55 Å². The number of aliphatic hydroxyl groups excluding tert-OH is 1. The third-order valence-electron chi connectivity index (χ3n) is 4.58. The topological polar surface area (TPSA) is 61.8 Å². The van der Waals surface area contributed by atoms with Crippen molar-refractivity contribution in [3.63, 3.8) is 0 Å². The fraction of sp³-hybridized carbons (Fsp3) is 0.0909. The molecule has 4 nitrogen and oxygen atoms in total. The highest BCUT2D eigenvalue weighted by Gasteiger charge is 2.10. The molecular weight excluding hydrogens is 358 g/mol. The molecule has 1 aromatic heterocycles. The van der Waals surface area contributed by atoms with Crippen LogP contribution in [0, 0.1) is 11.3 Å². The summed E-state index contributed by atoms with van der Waals surface area (Å²) in [6, 6.07) is 21.1. The van der Waals surface area contributed by atoms with Crippen LogP contribution in [0.3, 0.4) is 0 Å². The lowest BCUT2D eigenvalue weighted by Crippen LogP contribution is -1.94. The Morgan fingerprint density at radius 1 is 1.11 bits per heavy atom. The maximum absolute atomic E-state index is 9.77. The van der Waals surface area contributed by atoms with Crippen LogP contribution in [0.15, 0.2) is 67.0 Å². The molecule has 4 aromatic rings. The molecule has 0 aliphatic carbocycles. The number of fused-ring (bicyclic) bond motifs is 1. The molecule has 0 spiro atoms. The van der Waals surface area contributed by atoms with E-state index < -0.39 is 6.10 Å². The van der Waals surface area contributed by atoms with Gasteiger partial charge in [0.1, 0.15) is 6.33 Å². The Bertz CT molecular complexity index is 1190. The van der Waals surface area contributed by atoms with Gasteiger partial charge in [0, 0.05) is 16.3 Å². The fourth-order valence-corrected chi connectivity index (χ4v) is 3.36. The van der Waals surface area contributed by atoms with Gasteiger partial charge in [0.15, 0.2) is 0 Å². The molecule has 1 atom stereocenters. The second-order valence-electron chi connectivity index (χ2n) is 6.40. The van der Waals surface area contributed by atoms with Gasteiger partial charge >= 0.3 is 0 Å². The Kier molecular flexibility index (Phi) is 4.41. The lowest BCUT2D eigenvalue weighted by Gasteiger charge is -2.10. The van der Waals surface area contributed by atoms with Gasteiger partial charge in [0.25, 0.3) is 0 Å². The minimum atomic E-state index is -0.530. The van der Waals surface area contributed by atoms with Crippen LogP contribution in [0.5, 0.6) is 0 Å². The highest BCUT2D eigenvalue weighted by molar-refractivity contribution is 6.33. The maximum atomic E-state index is 9.77. The summed E-state index contributed by atoms with van der Waals surface area (Å²) in [7, 11) is 0. The highest BCUT2D eigenvalue weighted by Crippen LogP contribution is 2.31. The van der Waals surface area contributed by atoms with Gasteiger partial charge in [0.05, 0.1) is 28.8 Å². The molecule has 27 heavy (non-hydrogen) atoms. The molecule has 5 heteroatoms. The minimum Gasteiger partial charge on any atom is -0.389 e. The predicted molar refractivity (Wildman–Crippen MR) is 107 cm³/mol. The zero-order chi connectivity index (χ0) is 19.0. The molecule has 1 heterocycles. The second kappa shape index (κ2) is 6.88. The predicted octanol–water partition coefficient (Wildman–Crippen LogP) is 5.27. The molecule has 0 aliphatic heterocycles. The molecule has 0 amide bonds. The van der Waals surface area contributed by atoms with Crippen molar-refractivity contribution in [2.45, 2.75) is 13.0 Å². The summed E-state index contributed by atoms with van der Waals surface area (Å²) in [5.41, 5.74) is 5.87. The first-order valence-corrected chi connectivity index (χ1v) is 8.90. The average molecular weight is 374 g/mol. The number of rotatable bonds is 3. The quantitative estimate of drug-likeness (QED) is 0.532. The van der Waals surface area contributed by atoms with Crippen molar-refractivity contribution in [2.24, 2.45) is 0 Å². The third-order valence-corrected chi connectivity index (χ3v) is 4.91. The summed E-state index contributed by atoms with van der Waals surface area (Å²) < 4.78 is 1.99. The van der Waals surface area contributed by atoms with Gasteiger partial charge in [0.2, 0.25) is 0 Å². The van der Waals surface area contributed by atoms with E-state index in [-0.39, 0.29) is 0 Å². The van der Waals surface area contributed by atoms with Crippen LogP contribution in [0.25, 0.3) is 27.8 Å². The molecule has 0 aliphatic rings. The number of nitriles is 1. The summed E-state index contributed by atoms with van der Waals surface area (Å²) in [4.78, 5) is 4.47. The van der Waals surface area contributed by atoms with Crippen LogP contribution in [-0.4, -0.2) is 14.7 Å². The molecule has 4 rings (SSSR count). The van der Waals surface area contributed by atoms with Crippen molar-refractivity contribution in [3.05, 3.63) is 83.1 Å². The van der Waals surface area contributed by atoms with E-state index in [0.29, 0.717) is 10.6 Å². The average Bonchev–Trinajstić information content (AvgIpc) is 3.11. The van der Waals surface area contributed by atoms with E-state index in [1.807, 2.05) is 47.0 Å². The van der Waals surface area contributed by atoms with Gasteiger partial charge in [-0.1, -0.05) is 29.8 Å². The highest BCUT2D eigenvalue weighted by atomic mass is 35.5. The van der Waals surface area contributed by atoms with Crippen LogP contribution in [0.4, 0.5) is 0 Å². The van der Waals surface area contributed by atoms with Crippen molar-refractivity contribution in [3.8, 4) is 22.9 Å². The SMILES string of the molecule is C[C@@H](O)c1ccc2c(c1)ncn2-c1cccc(-c2cc(C#N)ccc2Cl)c1. The Balaban J connectivity index is 1.82. The molecule has 0 saturated heterocycles. The summed E-state index contributed by atoms with van der Waals surface area (Å²) in [5.74, 6) is 0. The number of halogens is 1. The smallest absolute Gasteiger partial charge is 0.100 e. The molecule has 3 aromatic carbocycles. The van der Waals surface area contributed by atoms with Crippen LogP contribution in [-0.2, 0) is 0 Å². The van der Waals surface area contributed by atoms with Crippen LogP contribution >= 0.6 is 11.6 Å². The Labute approximate surface area is 161 Å². The van der Waals surface area contributed by atoms with Crippen molar-refractivity contribution in [2.75, 3.05) is 0 Å². The fourth-order valence-electron chi connectivity index (χ4n) is 3.13. The molecule has 132 valence electrons. The van der Waals surface area contributed by atoms with Crippen LogP contribution in [0.2, 0.25) is 5.02 Å². The first kappa shape index (κ1) is 17.3. The number of hydrogen-bond acceptors (Lipinski definition) is 3. The standard InChI is InChI=1S/C22H16ClN3O/c1-14(27)16-6-8-22-21(11-16)25-13-26(22)18-4-2-3-17(10-18)19-9-15(12-24)5-7-20(19)23/h2-11,13-14,27H,1H3/t14-/m1/s1. The molecule has 0 radical (unpaired) electrons. The molecule has 0 fully saturated rings. The van der Waals surface area contributed by atoms with Gasteiger partial charge in [-0.2, -0.15) is 5.26 Å². The van der Waals surface area contributed by atoms with E-state index in [0.717, 1.165) is 33.4 Å². The molecular formula is C22H16ClN3O. The first-order valence-electron chi connectivity index (χ1n) is 8.52. The minimum absolute atomic E-state index is 0.530. The zero-order valence-corrected chi connectivity index (χ0v) is 15.4. The van der Waals surface area contributed by atoms with Gasteiger partial charge in [-0.05, 0) is 60.5 Å². The van der Waals surface area contributed by atoms with Crippen molar-refractivity contribution < 1.29 is 5.11 Å². The van der Waals surface area contributed by atoms with Crippen molar-refractivity contribution >= 4 is 22.6 Å². The van der Waals surface area contributed by atoms with E-state index in [9.17, 15) is 5.11 Å². The molecule has 0 unspecified atom stereocenters. The van der Waals surface area contributed by atoms with Crippen LogP contribution in [0.1, 0.15) is 24.2 Å². The van der Waals surface area contributed by atoms with E-state index in [1.165, 1.54) is 0 Å². The zero-order valence-electron chi connectivity index (χ0n) is 14.6. The molecule has 1 N–H and O–H groups in total. The van der Waals surface area contributed by atoms with E-state index in [2.05, 4.69) is 11.1 Å². The summed E-state index contributed by atoms with van der Waals surface area (Å²) in [6.07, 6.45) is 1.24. The Morgan fingerprint density at radius 3 is 2.74 bits per heavy atom.